The van der Waals surface area contributed by atoms with Crippen LogP contribution in [0, 0.1) is 0 Å². The van der Waals surface area contributed by atoms with Crippen molar-refractivity contribution in [1.29, 1.82) is 0 Å². The SMILES string of the molecule is CCCC(C)NCc1ccc(OC(C)C)c(OC)c1. The standard InChI is InChI=1S/C16H27NO2/c1-6-7-13(4)17-11-14-8-9-15(19-12(2)3)16(10-14)18-5/h8-10,12-13,17H,6-7,11H2,1-5H3. The molecule has 3 nitrogen and oxygen atoms in total. The summed E-state index contributed by atoms with van der Waals surface area (Å²) in [4.78, 5) is 0. The molecule has 0 aliphatic carbocycles. The summed E-state index contributed by atoms with van der Waals surface area (Å²) in [7, 11) is 1.68. The highest BCUT2D eigenvalue weighted by atomic mass is 16.5. The highest BCUT2D eigenvalue weighted by Crippen LogP contribution is 2.28. The Labute approximate surface area is 117 Å². The van der Waals surface area contributed by atoms with Gasteiger partial charge in [-0.1, -0.05) is 19.4 Å². The van der Waals surface area contributed by atoms with Crippen molar-refractivity contribution >= 4 is 0 Å². The topological polar surface area (TPSA) is 30.5 Å². The Kier molecular flexibility index (Phi) is 6.71. The monoisotopic (exact) mass is 265 g/mol. The van der Waals surface area contributed by atoms with E-state index < -0.39 is 0 Å². The number of methoxy groups -OCH3 is 1. The lowest BCUT2D eigenvalue weighted by atomic mass is 10.1. The molecule has 0 heterocycles. The normalized spacial score (nSPS) is 12.5. The number of nitrogens with one attached hydrogen (secondary N) is 1. The quantitative estimate of drug-likeness (QED) is 0.776. The van der Waals surface area contributed by atoms with Crippen molar-refractivity contribution in [3.05, 3.63) is 23.8 Å². The summed E-state index contributed by atoms with van der Waals surface area (Å²) in [6.07, 6.45) is 2.56. The second-order valence-corrected chi connectivity index (χ2v) is 5.22. The Morgan fingerprint density at radius 1 is 1.16 bits per heavy atom. The Bertz CT molecular complexity index is 377. The van der Waals surface area contributed by atoms with E-state index in [1.165, 1.54) is 18.4 Å². The molecule has 0 amide bonds. The summed E-state index contributed by atoms with van der Waals surface area (Å²) in [6, 6.07) is 6.66. The number of benzene rings is 1. The summed E-state index contributed by atoms with van der Waals surface area (Å²) in [5.74, 6) is 1.61. The van der Waals surface area contributed by atoms with Crippen LogP contribution in [0.5, 0.6) is 11.5 Å². The van der Waals surface area contributed by atoms with Crippen LogP contribution in [0.3, 0.4) is 0 Å². The van der Waals surface area contributed by atoms with Gasteiger partial charge in [-0.2, -0.15) is 0 Å². The van der Waals surface area contributed by atoms with Gasteiger partial charge in [-0.3, -0.25) is 0 Å². The maximum Gasteiger partial charge on any atom is 0.161 e. The van der Waals surface area contributed by atoms with Crippen molar-refractivity contribution in [3.63, 3.8) is 0 Å². The van der Waals surface area contributed by atoms with Gasteiger partial charge in [0.1, 0.15) is 0 Å². The van der Waals surface area contributed by atoms with Gasteiger partial charge in [0.2, 0.25) is 0 Å². The van der Waals surface area contributed by atoms with Crippen LogP contribution in [0.1, 0.15) is 46.1 Å². The first kappa shape index (κ1) is 15.8. The lowest BCUT2D eigenvalue weighted by Crippen LogP contribution is -2.25. The molecule has 3 heteroatoms. The molecule has 19 heavy (non-hydrogen) atoms. The van der Waals surface area contributed by atoms with Crippen molar-refractivity contribution in [1.82, 2.24) is 5.32 Å². The first-order valence-electron chi connectivity index (χ1n) is 7.13. The predicted molar refractivity (Wildman–Crippen MR) is 80.0 cm³/mol. The van der Waals surface area contributed by atoms with Gasteiger partial charge < -0.3 is 14.8 Å². The third kappa shape index (κ3) is 5.52. The molecular weight excluding hydrogens is 238 g/mol. The average molecular weight is 265 g/mol. The third-order valence-electron chi connectivity index (χ3n) is 2.97. The summed E-state index contributed by atoms with van der Waals surface area (Å²) in [6.45, 7) is 9.32. The number of ether oxygens (including phenoxy) is 2. The molecular formula is C16H27NO2. The maximum atomic E-state index is 5.71. The van der Waals surface area contributed by atoms with Crippen molar-refractivity contribution < 1.29 is 9.47 Å². The minimum absolute atomic E-state index is 0.155. The molecule has 0 fully saturated rings. The van der Waals surface area contributed by atoms with Crippen LogP contribution in [-0.4, -0.2) is 19.3 Å². The highest BCUT2D eigenvalue weighted by molar-refractivity contribution is 5.43. The first-order chi connectivity index (χ1) is 9.06. The van der Waals surface area contributed by atoms with E-state index in [1.807, 2.05) is 26.0 Å². The van der Waals surface area contributed by atoms with Crippen LogP contribution in [-0.2, 0) is 6.54 Å². The Morgan fingerprint density at radius 2 is 1.89 bits per heavy atom. The zero-order valence-electron chi connectivity index (χ0n) is 12.8. The van der Waals surface area contributed by atoms with Crippen LogP contribution in [0.4, 0.5) is 0 Å². The smallest absolute Gasteiger partial charge is 0.161 e. The molecule has 0 aliphatic rings. The van der Waals surface area contributed by atoms with E-state index in [0.29, 0.717) is 6.04 Å². The molecule has 1 N–H and O–H groups in total. The van der Waals surface area contributed by atoms with Gasteiger partial charge in [-0.15, -0.1) is 0 Å². The molecule has 1 rings (SSSR count). The van der Waals surface area contributed by atoms with Gasteiger partial charge >= 0.3 is 0 Å². The second kappa shape index (κ2) is 8.05. The molecule has 0 aromatic heterocycles. The van der Waals surface area contributed by atoms with E-state index in [-0.39, 0.29) is 6.10 Å². The molecule has 0 bridgehead atoms. The molecule has 0 aliphatic heterocycles. The second-order valence-electron chi connectivity index (χ2n) is 5.22. The highest BCUT2D eigenvalue weighted by Gasteiger charge is 2.08. The van der Waals surface area contributed by atoms with E-state index in [4.69, 9.17) is 9.47 Å². The van der Waals surface area contributed by atoms with E-state index in [9.17, 15) is 0 Å². The number of rotatable bonds is 8. The fraction of sp³-hybridized carbons (Fsp3) is 0.625. The molecule has 1 aromatic carbocycles. The lowest BCUT2D eigenvalue weighted by molar-refractivity contribution is 0.230. The zero-order valence-corrected chi connectivity index (χ0v) is 12.8. The van der Waals surface area contributed by atoms with Crippen LogP contribution in [0.2, 0.25) is 0 Å². The van der Waals surface area contributed by atoms with E-state index in [0.717, 1.165) is 18.0 Å². The molecule has 0 radical (unpaired) electrons. The maximum absolute atomic E-state index is 5.71. The van der Waals surface area contributed by atoms with Crippen molar-refractivity contribution in [2.45, 2.75) is 59.2 Å². The molecule has 0 spiro atoms. The van der Waals surface area contributed by atoms with Crippen molar-refractivity contribution in [2.24, 2.45) is 0 Å². The fourth-order valence-electron chi connectivity index (χ4n) is 2.00. The summed E-state index contributed by atoms with van der Waals surface area (Å²) in [5, 5.41) is 3.52. The van der Waals surface area contributed by atoms with Gasteiger partial charge in [-0.25, -0.2) is 0 Å². The van der Waals surface area contributed by atoms with E-state index in [1.54, 1.807) is 7.11 Å². The summed E-state index contributed by atoms with van der Waals surface area (Å²) in [5.41, 5.74) is 1.22. The Balaban J connectivity index is 2.65. The molecule has 0 saturated carbocycles. The Hall–Kier alpha value is -1.22. The van der Waals surface area contributed by atoms with Crippen LogP contribution in [0.15, 0.2) is 18.2 Å². The van der Waals surface area contributed by atoms with Gasteiger partial charge in [0.05, 0.1) is 13.2 Å². The van der Waals surface area contributed by atoms with E-state index in [2.05, 4.69) is 25.2 Å². The van der Waals surface area contributed by atoms with Gasteiger partial charge in [0, 0.05) is 12.6 Å². The summed E-state index contributed by atoms with van der Waals surface area (Å²) >= 11 is 0. The van der Waals surface area contributed by atoms with Gasteiger partial charge in [-0.05, 0) is 44.9 Å². The van der Waals surface area contributed by atoms with Gasteiger partial charge in [0.25, 0.3) is 0 Å². The lowest BCUT2D eigenvalue weighted by Gasteiger charge is -2.16. The summed E-state index contributed by atoms with van der Waals surface area (Å²) < 4.78 is 11.1. The third-order valence-corrected chi connectivity index (χ3v) is 2.97. The van der Waals surface area contributed by atoms with E-state index >= 15 is 0 Å². The molecule has 1 atom stereocenters. The average Bonchev–Trinajstić information content (AvgIpc) is 2.37. The molecule has 108 valence electrons. The fourth-order valence-corrected chi connectivity index (χ4v) is 2.00. The van der Waals surface area contributed by atoms with Gasteiger partial charge in [0.15, 0.2) is 11.5 Å². The van der Waals surface area contributed by atoms with Crippen LogP contribution >= 0.6 is 0 Å². The predicted octanol–water partition coefficient (Wildman–Crippen LogP) is 3.76. The van der Waals surface area contributed by atoms with Crippen LogP contribution < -0.4 is 14.8 Å². The minimum atomic E-state index is 0.155. The molecule has 1 aromatic rings. The minimum Gasteiger partial charge on any atom is -0.493 e. The largest absolute Gasteiger partial charge is 0.493 e. The van der Waals surface area contributed by atoms with Crippen molar-refractivity contribution in [2.75, 3.05) is 7.11 Å². The molecule has 0 saturated heterocycles. The first-order valence-corrected chi connectivity index (χ1v) is 7.13. The molecule has 1 unspecified atom stereocenters. The van der Waals surface area contributed by atoms with Crippen molar-refractivity contribution in [3.8, 4) is 11.5 Å². The number of hydrogen-bond acceptors (Lipinski definition) is 3. The number of hydrogen-bond donors (Lipinski definition) is 1. The van der Waals surface area contributed by atoms with Crippen LogP contribution in [0.25, 0.3) is 0 Å². The Morgan fingerprint density at radius 3 is 2.47 bits per heavy atom. The zero-order chi connectivity index (χ0) is 14.3.